The van der Waals surface area contributed by atoms with Crippen LogP contribution in [0.15, 0.2) is 16.8 Å². The molecular weight excluding hydrogens is 296 g/mol. The van der Waals surface area contributed by atoms with Gasteiger partial charge in [0.2, 0.25) is 0 Å². The minimum Gasteiger partial charge on any atom is -0.390 e. The first-order chi connectivity index (χ1) is 11.4. The van der Waals surface area contributed by atoms with Gasteiger partial charge in [0.05, 0.1) is 12.1 Å². The summed E-state index contributed by atoms with van der Waals surface area (Å²) < 4.78 is 0. The number of fused-ring (bicyclic) bond motifs is 7. The lowest BCUT2D eigenvalue weighted by molar-refractivity contribution is -0.114. The Hall–Kier alpha value is -0.830. The van der Waals surface area contributed by atoms with Crippen LogP contribution in [0.4, 0.5) is 0 Å². The fourth-order valence-electron chi connectivity index (χ4n) is 7.39. The highest BCUT2D eigenvalue weighted by Gasteiger charge is 2.62. The van der Waals surface area contributed by atoms with E-state index in [9.17, 15) is 5.11 Å². The second kappa shape index (κ2) is 4.66. The van der Waals surface area contributed by atoms with Crippen LogP contribution in [-0.2, 0) is 0 Å². The molecule has 0 radical (unpaired) electrons. The van der Waals surface area contributed by atoms with Crippen LogP contribution < -0.4 is 0 Å². The van der Waals surface area contributed by atoms with Crippen molar-refractivity contribution in [2.45, 2.75) is 71.3 Å². The van der Waals surface area contributed by atoms with Gasteiger partial charge in [-0.05, 0) is 68.6 Å². The molecule has 0 amide bonds. The van der Waals surface area contributed by atoms with E-state index in [1.54, 1.807) is 5.70 Å². The number of rotatable bonds is 0. The van der Waals surface area contributed by atoms with Gasteiger partial charge in [-0.3, -0.25) is 4.99 Å². The second-order valence-corrected chi connectivity index (χ2v) is 9.84. The quantitative estimate of drug-likeness (QED) is 0.730. The first-order valence-corrected chi connectivity index (χ1v) is 10.1. The van der Waals surface area contributed by atoms with Crippen LogP contribution in [0.3, 0.4) is 0 Å². The normalized spacial score (nSPS) is 52.8. The molecule has 0 unspecified atom stereocenters. The van der Waals surface area contributed by atoms with Crippen molar-refractivity contribution < 1.29 is 5.11 Å². The van der Waals surface area contributed by atoms with Crippen molar-refractivity contribution in [3.63, 3.8) is 0 Å². The maximum atomic E-state index is 11.0. The van der Waals surface area contributed by atoms with Gasteiger partial charge in [0.25, 0.3) is 0 Å². The fraction of sp³-hybridized carbons (Fsp3) is 0.857. The van der Waals surface area contributed by atoms with Gasteiger partial charge >= 0.3 is 0 Å². The van der Waals surface area contributed by atoms with Crippen LogP contribution in [0.25, 0.3) is 0 Å². The highest BCUT2D eigenvalue weighted by Crippen LogP contribution is 2.66. The van der Waals surface area contributed by atoms with E-state index in [1.165, 1.54) is 37.9 Å². The number of allylic oxidation sites excluding steroid dienone is 2. The van der Waals surface area contributed by atoms with Crippen LogP contribution in [-0.4, -0.2) is 34.5 Å². The lowest BCUT2D eigenvalue weighted by Gasteiger charge is -2.59. The molecule has 6 atom stereocenters. The molecule has 0 spiro atoms. The summed E-state index contributed by atoms with van der Waals surface area (Å²) in [5.74, 6) is 3.62. The lowest BCUT2D eigenvalue weighted by Crippen LogP contribution is -2.55. The Morgan fingerprint density at radius 1 is 1.12 bits per heavy atom. The second-order valence-electron chi connectivity index (χ2n) is 9.84. The molecule has 2 saturated carbocycles. The van der Waals surface area contributed by atoms with Gasteiger partial charge in [-0.2, -0.15) is 0 Å². The summed E-state index contributed by atoms with van der Waals surface area (Å²) in [6.45, 7) is 9.12. The van der Waals surface area contributed by atoms with Crippen molar-refractivity contribution in [1.82, 2.24) is 4.90 Å². The molecule has 0 aromatic rings. The predicted octanol–water partition coefficient (Wildman–Crippen LogP) is 3.98. The van der Waals surface area contributed by atoms with E-state index in [0.717, 1.165) is 37.8 Å². The Morgan fingerprint density at radius 2 is 1.92 bits per heavy atom. The van der Waals surface area contributed by atoms with E-state index in [0.29, 0.717) is 11.3 Å². The highest BCUT2D eigenvalue weighted by atomic mass is 16.3. The third-order valence-electron chi connectivity index (χ3n) is 9.07. The molecule has 0 aromatic carbocycles. The number of aliphatic hydroxyl groups is 1. The van der Waals surface area contributed by atoms with Crippen LogP contribution in [0.2, 0.25) is 0 Å². The Labute approximate surface area is 146 Å². The molecule has 5 rings (SSSR count). The number of nitrogens with zero attached hydrogens (tertiary/aromatic N) is 2. The molecular formula is C21H32N2O. The van der Waals surface area contributed by atoms with Crippen molar-refractivity contribution in [1.29, 1.82) is 0 Å². The maximum Gasteiger partial charge on any atom is 0.103 e. The number of hydrogen-bond donors (Lipinski definition) is 1. The molecule has 3 fully saturated rings. The minimum atomic E-state index is -0.463. The van der Waals surface area contributed by atoms with Crippen molar-refractivity contribution in [3.05, 3.63) is 11.8 Å². The van der Waals surface area contributed by atoms with Crippen LogP contribution in [0.5, 0.6) is 0 Å². The van der Waals surface area contributed by atoms with Crippen LogP contribution >= 0.6 is 0 Å². The zero-order chi connectivity index (χ0) is 16.7. The summed E-state index contributed by atoms with van der Waals surface area (Å²) in [6, 6.07) is 0. The van der Waals surface area contributed by atoms with Gasteiger partial charge < -0.3 is 10.0 Å². The molecule has 2 heterocycles. The molecule has 3 aliphatic carbocycles. The van der Waals surface area contributed by atoms with Gasteiger partial charge in [-0.15, -0.1) is 0 Å². The van der Waals surface area contributed by atoms with Crippen molar-refractivity contribution in [2.24, 2.45) is 33.6 Å². The van der Waals surface area contributed by atoms with Crippen LogP contribution in [0.1, 0.15) is 65.7 Å². The molecule has 1 saturated heterocycles. The van der Waals surface area contributed by atoms with Crippen LogP contribution in [0, 0.1) is 28.6 Å². The smallest absolute Gasteiger partial charge is 0.103 e. The average molecular weight is 329 g/mol. The van der Waals surface area contributed by atoms with Crippen molar-refractivity contribution in [3.8, 4) is 0 Å². The Morgan fingerprint density at radius 3 is 2.75 bits per heavy atom. The van der Waals surface area contributed by atoms with Crippen molar-refractivity contribution >= 4 is 5.84 Å². The summed E-state index contributed by atoms with van der Waals surface area (Å²) >= 11 is 0. The molecule has 3 heteroatoms. The van der Waals surface area contributed by atoms with Crippen molar-refractivity contribution in [2.75, 3.05) is 13.1 Å². The molecule has 2 aliphatic heterocycles. The fourth-order valence-corrected chi connectivity index (χ4v) is 7.39. The Bertz CT molecular complexity index is 636. The molecule has 5 aliphatic rings. The van der Waals surface area contributed by atoms with E-state index in [2.05, 4.69) is 31.7 Å². The molecule has 1 N–H and O–H groups in total. The van der Waals surface area contributed by atoms with Gasteiger partial charge in [0.1, 0.15) is 5.84 Å². The van der Waals surface area contributed by atoms with E-state index in [4.69, 9.17) is 4.99 Å². The molecule has 3 nitrogen and oxygen atoms in total. The van der Waals surface area contributed by atoms with Gasteiger partial charge in [0, 0.05) is 24.1 Å². The first-order valence-electron chi connectivity index (χ1n) is 10.1. The zero-order valence-corrected chi connectivity index (χ0v) is 15.5. The number of aliphatic imine (C=N–C) groups is 1. The van der Waals surface area contributed by atoms with E-state index in [1.807, 2.05) is 0 Å². The summed E-state index contributed by atoms with van der Waals surface area (Å²) in [4.78, 5) is 7.29. The third-order valence-corrected chi connectivity index (χ3v) is 9.07. The van der Waals surface area contributed by atoms with E-state index < -0.39 is 5.60 Å². The number of hydrogen-bond acceptors (Lipinski definition) is 3. The standard InChI is InChI=1S/C21H32N2O/c1-19-9-8-18-22-12-13-23(18)17(19)5-4-14-15(19)6-10-20(2)16(14)7-11-21(20,3)24/h5,14-16,24H,4,6-13H2,1-3H3/t14-,15+,16-,19+,20-,21-/m1/s1. The topological polar surface area (TPSA) is 35.8 Å². The van der Waals surface area contributed by atoms with E-state index in [-0.39, 0.29) is 5.41 Å². The van der Waals surface area contributed by atoms with Gasteiger partial charge in [-0.1, -0.05) is 19.9 Å². The highest BCUT2D eigenvalue weighted by molar-refractivity contribution is 5.87. The SMILES string of the molecule is C[C@@]12CCC3=NCCN3C1=CC[C@H]1[C@H]3CC[C@@](C)(O)[C@]3(C)CC[C@@H]12. The largest absolute Gasteiger partial charge is 0.390 e. The average Bonchev–Trinajstić information content (AvgIpc) is 3.10. The Kier molecular flexibility index (Phi) is 3.00. The molecule has 0 aromatic heterocycles. The van der Waals surface area contributed by atoms with Gasteiger partial charge in [-0.25, -0.2) is 0 Å². The summed E-state index contributed by atoms with van der Waals surface area (Å²) in [5, 5.41) is 11.0. The summed E-state index contributed by atoms with van der Waals surface area (Å²) in [5.41, 5.74) is 1.60. The summed E-state index contributed by atoms with van der Waals surface area (Å²) in [7, 11) is 0. The maximum absolute atomic E-state index is 11.0. The summed E-state index contributed by atoms with van der Waals surface area (Å²) in [6.07, 6.45) is 10.9. The third kappa shape index (κ3) is 1.70. The number of piperidine rings is 1. The molecule has 24 heavy (non-hydrogen) atoms. The first kappa shape index (κ1) is 15.4. The molecule has 0 bridgehead atoms. The zero-order valence-electron chi connectivity index (χ0n) is 15.5. The van der Waals surface area contributed by atoms with E-state index >= 15 is 0 Å². The molecule has 132 valence electrons. The minimum absolute atomic E-state index is 0.130. The monoisotopic (exact) mass is 328 g/mol. The van der Waals surface area contributed by atoms with Gasteiger partial charge in [0.15, 0.2) is 0 Å². The number of amidine groups is 1. The lowest BCUT2D eigenvalue weighted by atomic mass is 9.48. The predicted molar refractivity (Wildman–Crippen MR) is 96.7 cm³/mol. The Balaban J connectivity index is 1.53.